The van der Waals surface area contributed by atoms with Gasteiger partial charge in [-0.15, -0.1) is 0 Å². The molecular weight excluding hydrogens is 271 g/mol. The number of hydrogen-bond donors (Lipinski definition) is 0. The van der Waals surface area contributed by atoms with E-state index in [1.54, 1.807) is 20.3 Å². The monoisotopic (exact) mass is 289 g/mol. The summed E-state index contributed by atoms with van der Waals surface area (Å²) in [4.78, 5) is 19.5. The van der Waals surface area contributed by atoms with Gasteiger partial charge >= 0.3 is 0 Å². The lowest BCUT2D eigenvalue weighted by Crippen LogP contribution is -2.06. The SMILES string of the molecule is CN=CN(C)C.Cc1cc(C(F)(F)P)ncc1C=O. The molecule has 0 aliphatic heterocycles. The zero-order valence-corrected chi connectivity index (χ0v) is 12.5. The second kappa shape index (κ2) is 7.89. The van der Waals surface area contributed by atoms with E-state index >= 15 is 0 Å². The summed E-state index contributed by atoms with van der Waals surface area (Å²) >= 11 is 0. The van der Waals surface area contributed by atoms with Crippen LogP contribution in [0.3, 0.4) is 0 Å². The van der Waals surface area contributed by atoms with E-state index in [9.17, 15) is 13.6 Å². The van der Waals surface area contributed by atoms with Crippen LogP contribution in [0.15, 0.2) is 17.3 Å². The minimum Gasteiger partial charge on any atom is -0.369 e. The van der Waals surface area contributed by atoms with E-state index in [0.717, 1.165) is 6.20 Å². The minimum absolute atomic E-state index is 0.331. The van der Waals surface area contributed by atoms with Crippen LogP contribution in [0.1, 0.15) is 21.6 Å². The molecular formula is C12H18F2N3OP. The molecule has 1 unspecified atom stereocenters. The van der Waals surface area contributed by atoms with Crippen LogP contribution in [-0.2, 0) is 5.66 Å². The number of alkyl halides is 2. The maximum Gasteiger partial charge on any atom is 0.300 e. The molecule has 19 heavy (non-hydrogen) atoms. The molecule has 1 heterocycles. The van der Waals surface area contributed by atoms with Gasteiger partial charge in [-0.25, -0.2) is 0 Å². The quantitative estimate of drug-likeness (QED) is 0.371. The molecule has 0 amide bonds. The number of hydrogen-bond acceptors (Lipinski definition) is 3. The molecule has 0 bridgehead atoms. The van der Waals surface area contributed by atoms with Crippen molar-refractivity contribution in [1.29, 1.82) is 0 Å². The average Bonchev–Trinajstić information content (AvgIpc) is 2.28. The molecule has 0 radical (unpaired) electrons. The first-order valence-corrected chi connectivity index (χ1v) is 5.97. The number of pyridine rings is 1. The van der Waals surface area contributed by atoms with Gasteiger partial charge in [0.2, 0.25) is 0 Å². The molecule has 0 aromatic carbocycles. The lowest BCUT2D eigenvalue weighted by atomic mass is 10.1. The molecule has 0 saturated heterocycles. The van der Waals surface area contributed by atoms with Crippen molar-refractivity contribution in [3.05, 3.63) is 29.1 Å². The lowest BCUT2D eigenvalue weighted by molar-refractivity contribution is 0.0982. The third-order valence-electron chi connectivity index (χ3n) is 1.97. The van der Waals surface area contributed by atoms with Gasteiger partial charge in [-0.3, -0.25) is 14.8 Å². The number of rotatable bonds is 3. The molecule has 1 rings (SSSR count). The van der Waals surface area contributed by atoms with E-state index in [-0.39, 0.29) is 5.69 Å². The summed E-state index contributed by atoms with van der Waals surface area (Å²) in [7, 11) is 7.02. The average molecular weight is 289 g/mol. The molecule has 0 fully saturated rings. The second-order valence-electron chi connectivity index (χ2n) is 4.00. The smallest absolute Gasteiger partial charge is 0.300 e. The molecule has 4 nitrogen and oxygen atoms in total. The van der Waals surface area contributed by atoms with Gasteiger partial charge in [0.25, 0.3) is 5.66 Å². The predicted octanol–water partition coefficient (Wildman–Crippen LogP) is 2.33. The van der Waals surface area contributed by atoms with Gasteiger partial charge in [0, 0.05) is 32.9 Å². The fourth-order valence-corrected chi connectivity index (χ4v) is 1.26. The fraction of sp³-hybridized carbons (Fsp3) is 0.417. The van der Waals surface area contributed by atoms with E-state index in [0.29, 0.717) is 17.4 Å². The van der Waals surface area contributed by atoms with Crippen molar-refractivity contribution in [3.8, 4) is 0 Å². The van der Waals surface area contributed by atoms with E-state index in [2.05, 4.69) is 9.98 Å². The number of aliphatic imine (C=N–C) groups is 1. The summed E-state index contributed by atoms with van der Waals surface area (Å²) in [6, 6.07) is 1.21. The second-order valence-corrected chi connectivity index (χ2v) is 4.73. The Kier molecular flexibility index (Phi) is 7.30. The Morgan fingerprint density at radius 1 is 1.47 bits per heavy atom. The highest BCUT2D eigenvalue weighted by Gasteiger charge is 2.26. The number of halogens is 2. The highest BCUT2D eigenvalue weighted by molar-refractivity contribution is 7.17. The van der Waals surface area contributed by atoms with Crippen LogP contribution in [0, 0.1) is 6.92 Å². The predicted molar refractivity (Wildman–Crippen MR) is 76.1 cm³/mol. The molecule has 1 aromatic heterocycles. The Balaban J connectivity index is 0.000000459. The van der Waals surface area contributed by atoms with Gasteiger partial charge in [0.1, 0.15) is 5.69 Å². The first-order valence-electron chi connectivity index (χ1n) is 5.40. The van der Waals surface area contributed by atoms with Crippen molar-refractivity contribution >= 4 is 21.9 Å². The zero-order chi connectivity index (χ0) is 15.1. The molecule has 1 atom stereocenters. The summed E-state index contributed by atoms with van der Waals surface area (Å²) in [5, 5.41) is 0. The van der Waals surface area contributed by atoms with E-state index in [1.807, 2.05) is 19.0 Å². The van der Waals surface area contributed by atoms with Crippen LogP contribution >= 0.6 is 9.24 Å². The van der Waals surface area contributed by atoms with Gasteiger partial charge in [-0.05, 0) is 18.6 Å². The summed E-state index contributed by atoms with van der Waals surface area (Å²) in [6.45, 7) is 1.59. The van der Waals surface area contributed by atoms with Crippen LogP contribution in [0.5, 0.6) is 0 Å². The first kappa shape index (κ1) is 17.6. The van der Waals surface area contributed by atoms with Crippen LogP contribution in [-0.4, -0.2) is 43.7 Å². The third kappa shape index (κ3) is 6.91. The Bertz CT molecular complexity index is 445. The molecule has 0 N–H and O–H groups in total. The number of aromatic nitrogens is 1. The highest BCUT2D eigenvalue weighted by atomic mass is 31.0. The van der Waals surface area contributed by atoms with Gasteiger partial charge < -0.3 is 4.90 Å². The molecule has 0 aliphatic carbocycles. The van der Waals surface area contributed by atoms with Gasteiger partial charge in [-0.2, -0.15) is 8.78 Å². The first-order chi connectivity index (χ1) is 8.72. The van der Waals surface area contributed by atoms with Gasteiger partial charge in [-0.1, -0.05) is 9.24 Å². The Morgan fingerprint density at radius 3 is 2.32 bits per heavy atom. The lowest BCUT2D eigenvalue weighted by Gasteiger charge is -2.10. The molecule has 0 aliphatic rings. The molecule has 7 heteroatoms. The Hall–Kier alpha value is -1.42. The fourth-order valence-electron chi connectivity index (χ4n) is 1.10. The number of aryl methyl sites for hydroxylation is 1. The number of carbonyl (C=O) groups is 1. The van der Waals surface area contributed by atoms with Crippen LogP contribution in [0.4, 0.5) is 8.78 Å². The maximum atomic E-state index is 12.7. The van der Waals surface area contributed by atoms with Gasteiger partial charge in [0.15, 0.2) is 6.29 Å². The number of carbonyl (C=O) groups excluding carboxylic acids is 1. The van der Waals surface area contributed by atoms with E-state index < -0.39 is 5.66 Å². The standard InChI is InChI=1S/C8H8F2NOP.C4H10N2/c1-5-2-7(8(9,10)13)11-3-6(5)4-12;1-5-4-6(2)3/h2-4H,13H2,1H3;4H,1-3H3. The summed E-state index contributed by atoms with van der Waals surface area (Å²) in [5.41, 5.74) is -2.55. The summed E-state index contributed by atoms with van der Waals surface area (Å²) in [6.07, 6.45) is 3.49. The summed E-state index contributed by atoms with van der Waals surface area (Å²) in [5.74, 6) is 0. The minimum atomic E-state index is -3.04. The highest BCUT2D eigenvalue weighted by Crippen LogP contribution is 2.33. The molecule has 1 aromatic rings. The van der Waals surface area contributed by atoms with Crippen molar-refractivity contribution in [3.63, 3.8) is 0 Å². The number of aldehydes is 1. The number of nitrogens with zero attached hydrogens (tertiary/aromatic N) is 3. The van der Waals surface area contributed by atoms with Crippen LogP contribution in [0.2, 0.25) is 0 Å². The molecule has 0 spiro atoms. The van der Waals surface area contributed by atoms with E-state index in [4.69, 9.17) is 0 Å². The third-order valence-corrected chi connectivity index (χ3v) is 2.26. The van der Waals surface area contributed by atoms with Crippen LogP contribution in [0.25, 0.3) is 0 Å². The zero-order valence-electron chi connectivity index (χ0n) is 11.4. The molecule has 106 valence electrons. The van der Waals surface area contributed by atoms with Crippen LogP contribution < -0.4 is 0 Å². The largest absolute Gasteiger partial charge is 0.369 e. The topological polar surface area (TPSA) is 45.6 Å². The maximum absolute atomic E-state index is 12.7. The van der Waals surface area contributed by atoms with Gasteiger partial charge in [0.05, 0.1) is 6.34 Å². The normalized spacial score (nSPS) is 10.9. The van der Waals surface area contributed by atoms with Crippen molar-refractivity contribution < 1.29 is 13.6 Å². The van der Waals surface area contributed by atoms with Crippen molar-refractivity contribution in [2.24, 2.45) is 4.99 Å². The Labute approximate surface area is 114 Å². The van der Waals surface area contributed by atoms with E-state index in [1.165, 1.54) is 15.3 Å². The van der Waals surface area contributed by atoms with Crippen molar-refractivity contribution in [2.75, 3.05) is 21.1 Å². The molecule has 0 saturated carbocycles. The van der Waals surface area contributed by atoms with Crippen molar-refractivity contribution in [1.82, 2.24) is 9.88 Å². The van der Waals surface area contributed by atoms with Crippen molar-refractivity contribution in [2.45, 2.75) is 12.6 Å². The summed E-state index contributed by atoms with van der Waals surface area (Å²) < 4.78 is 25.4. The Morgan fingerprint density at radius 2 is 2.05 bits per heavy atom.